The van der Waals surface area contributed by atoms with E-state index in [0.717, 1.165) is 16.8 Å². The highest BCUT2D eigenvalue weighted by Gasteiger charge is 2.15. The Bertz CT molecular complexity index is 564. The molecule has 0 aromatic heterocycles. The minimum Gasteiger partial charge on any atom is -0.324 e. The smallest absolute Gasteiger partial charge is 0.245 e. The number of nitrogens with two attached hydrogens (primary N) is 1. The highest BCUT2D eigenvalue weighted by molar-refractivity contribution is 6.30. The lowest BCUT2D eigenvalue weighted by atomic mass is 10.1. The average Bonchev–Trinajstić information content (AvgIpc) is 2.41. The van der Waals surface area contributed by atoms with Gasteiger partial charge >= 0.3 is 0 Å². The van der Waals surface area contributed by atoms with Crippen molar-refractivity contribution in [2.45, 2.75) is 13.0 Å². The molecule has 1 atom stereocenters. The van der Waals surface area contributed by atoms with Crippen LogP contribution in [-0.4, -0.2) is 5.91 Å². The number of hydrogen-bond donors (Lipinski definition) is 2. The SMILES string of the molecule is Cc1ccc(NC(=O)[C@H](N)c2ccc(Cl)cc2)cc1. The molecule has 0 aliphatic heterocycles. The second-order valence-electron chi connectivity index (χ2n) is 4.38. The molecule has 0 radical (unpaired) electrons. The molecular formula is C15H15ClN2O. The van der Waals surface area contributed by atoms with E-state index in [4.69, 9.17) is 17.3 Å². The van der Waals surface area contributed by atoms with E-state index in [9.17, 15) is 4.79 Å². The van der Waals surface area contributed by atoms with Crippen molar-refractivity contribution in [3.05, 3.63) is 64.7 Å². The summed E-state index contributed by atoms with van der Waals surface area (Å²) in [5.74, 6) is -0.244. The normalized spacial score (nSPS) is 11.9. The molecule has 2 aromatic carbocycles. The van der Waals surface area contributed by atoms with Crippen LogP contribution in [0.2, 0.25) is 5.02 Å². The third-order valence-corrected chi connectivity index (χ3v) is 3.08. The van der Waals surface area contributed by atoms with E-state index in [1.54, 1.807) is 24.3 Å². The minimum absolute atomic E-state index is 0.244. The lowest BCUT2D eigenvalue weighted by Crippen LogP contribution is -2.27. The zero-order valence-corrected chi connectivity index (χ0v) is 11.3. The van der Waals surface area contributed by atoms with Gasteiger partial charge in [0.25, 0.3) is 0 Å². The van der Waals surface area contributed by atoms with Gasteiger partial charge in [-0.3, -0.25) is 4.79 Å². The Labute approximate surface area is 117 Å². The summed E-state index contributed by atoms with van der Waals surface area (Å²) in [6.07, 6.45) is 0. The largest absolute Gasteiger partial charge is 0.324 e. The first-order valence-corrected chi connectivity index (χ1v) is 6.32. The van der Waals surface area contributed by atoms with Crippen LogP contribution in [0.5, 0.6) is 0 Å². The number of benzene rings is 2. The monoisotopic (exact) mass is 274 g/mol. The Morgan fingerprint density at radius 3 is 2.26 bits per heavy atom. The van der Waals surface area contributed by atoms with Gasteiger partial charge in [0.1, 0.15) is 6.04 Å². The number of carbonyl (C=O) groups is 1. The van der Waals surface area contributed by atoms with Crippen LogP contribution in [0.3, 0.4) is 0 Å². The van der Waals surface area contributed by atoms with E-state index < -0.39 is 6.04 Å². The average molecular weight is 275 g/mol. The van der Waals surface area contributed by atoms with Crippen molar-refractivity contribution in [1.82, 2.24) is 0 Å². The standard InChI is InChI=1S/C15H15ClN2O/c1-10-2-8-13(9-3-10)18-15(19)14(17)11-4-6-12(16)7-5-11/h2-9,14H,17H2,1H3,(H,18,19)/t14-/m1/s1. The summed E-state index contributed by atoms with van der Waals surface area (Å²) < 4.78 is 0. The van der Waals surface area contributed by atoms with Crippen LogP contribution < -0.4 is 11.1 Å². The summed E-state index contributed by atoms with van der Waals surface area (Å²) in [5.41, 5.74) is 8.52. The fourth-order valence-corrected chi connectivity index (χ4v) is 1.80. The maximum Gasteiger partial charge on any atom is 0.245 e. The van der Waals surface area contributed by atoms with Crippen molar-refractivity contribution in [2.75, 3.05) is 5.32 Å². The van der Waals surface area contributed by atoms with Crippen LogP contribution in [-0.2, 0) is 4.79 Å². The van der Waals surface area contributed by atoms with Gasteiger partial charge in [-0.25, -0.2) is 0 Å². The Morgan fingerprint density at radius 1 is 1.11 bits per heavy atom. The van der Waals surface area contributed by atoms with Gasteiger partial charge in [0, 0.05) is 10.7 Å². The maximum absolute atomic E-state index is 12.0. The lowest BCUT2D eigenvalue weighted by molar-refractivity contribution is -0.117. The topological polar surface area (TPSA) is 55.1 Å². The molecule has 2 rings (SSSR count). The summed E-state index contributed by atoms with van der Waals surface area (Å²) in [5, 5.41) is 3.41. The summed E-state index contributed by atoms with van der Waals surface area (Å²) in [4.78, 5) is 12.0. The van der Waals surface area contributed by atoms with E-state index in [1.165, 1.54) is 0 Å². The van der Waals surface area contributed by atoms with Gasteiger partial charge in [-0.05, 0) is 36.8 Å². The number of aryl methyl sites for hydroxylation is 1. The van der Waals surface area contributed by atoms with Crippen LogP contribution in [0.1, 0.15) is 17.2 Å². The molecule has 0 heterocycles. The molecule has 0 saturated carbocycles. The van der Waals surface area contributed by atoms with Crippen molar-refractivity contribution >= 4 is 23.2 Å². The third-order valence-electron chi connectivity index (χ3n) is 2.83. The molecule has 2 aromatic rings. The molecule has 0 aliphatic carbocycles. The first-order chi connectivity index (χ1) is 9.06. The molecule has 0 bridgehead atoms. The van der Waals surface area contributed by atoms with Gasteiger partial charge < -0.3 is 11.1 Å². The number of nitrogens with one attached hydrogen (secondary N) is 1. The molecule has 3 N–H and O–H groups in total. The fraction of sp³-hybridized carbons (Fsp3) is 0.133. The van der Waals surface area contributed by atoms with E-state index >= 15 is 0 Å². The fourth-order valence-electron chi connectivity index (χ4n) is 1.68. The predicted molar refractivity (Wildman–Crippen MR) is 78.2 cm³/mol. The first kappa shape index (κ1) is 13.6. The van der Waals surface area contributed by atoms with Crippen LogP contribution in [0.4, 0.5) is 5.69 Å². The summed E-state index contributed by atoms with van der Waals surface area (Å²) in [6, 6.07) is 13.8. The zero-order valence-electron chi connectivity index (χ0n) is 10.6. The summed E-state index contributed by atoms with van der Waals surface area (Å²) in [6.45, 7) is 1.99. The van der Waals surface area contributed by atoms with Crippen molar-refractivity contribution in [1.29, 1.82) is 0 Å². The third kappa shape index (κ3) is 3.56. The molecule has 0 saturated heterocycles. The Kier molecular flexibility index (Phi) is 4.20. The number of anilines is 1. The minimum atomic E-state index is -0.710. The number of amides is 1. The molecule has 0 unspecified atom stereocenters. The molecular weight excluding hydrogens is 260 g/mol. The van der Waals surface area contributed by atoms with Gasteiger partial charge in [-0.1, -0.05) is 41.4 Å². The van der Waals surface area contributed by atoms with Crippen molar-refractivity contribution < 1.29 is 4.79 Å². The second-order valence-corrected chi connectivity index (χ2v) is 4.82. The molecule has 19 heavy (non-hydrogen) atoms. The van der Waals surface area contributed by atoms with Crippen LogP contribution >= 0.6 is 11.6 Å². The van der Waals surface area contributed by atoms with Crippen LogP contribution in [0.25, 0.3) is 0 Å². The molecule has 0 aliphatic rings. The molecule has 3 nitrogen and oxygen atoms in total. The number of rotatable bonds is 3. The predicted octanol–water partition coefficient (Wildman–Crippen LogP) is 3.29. The molecule has 4 heteroatoms. The van der Waals surface area contributed by atoms with Crippen molar-refractivity contribution in [3.63, 3.8) is 0 Å². The highest BCUT2D eigenvalue weighted by atomic mass is 35.5. The van der Waals surface area contributed by atoms with Gasteiger partial charge in [-0.15, -0.1) is 0 Å². The number of carbonyl (C=O) groups excluding carboxylic acids is 1. The Morgan fingerprint density at radius 2 is 1.68 bits per heavy atom. The van der Waals surface area contributed by atoms with Gasteiger partial charge in [-0.2, -0.15) is 0 Å². The first-order valence-electron chi connectivity index (χ1n) is 5.95. The molecule has 0 spiro atoms. The molecule has 1 amide bonds. The zero-order chi connectivity index (χ0) is 13.8. The van der Waals surface area contributed by atoms with E-state index in [1.807, 2.05) is 31.2 Å². The second kappa shape index (κ2) is 5.87. The maximum atomic E-state index is 12.0. The van der Waals surface area contributed by atoms with E-state index in [-0.39, 0.29) is 5.91 Å². The lowest BCUT2D eigenvalue weighted by Gasteiger charge is -2.12. The van der Waals surface area contributed by atoms with Gasteiger partial charge in [0.2, 0.25) is 5.91 Å². The number of halogens is 1. The Hall–Kier alpha value is -1.84. The van der Waals surface area contributed by atoms with Gasteiger partial charge in [0.05, 0.1) is 0 Å². The van der Waals surface area contributed by atoms with Gasteiger partial charge in [0.15, 0.2) is 0 Å². The quantitative estimate of drug-likeness (QED) is 0.902. The van der Waals surface area contributed by atoms with Crippen molar-refractivity contribution in [3.8, 4) is 0 Å². The highest BCUT2D eigenvalue weighted by Crippen LogP contribution is 2.17. The summed E-state index contributed by atoms with van der Waals surface area (Å²) >= 11 is 5.80. The molecule has 98 valence electrons. The van der Waals surface area contributed by atoms with E-state index in [0.29, 0.717) is 5.02 Å². The molecule has 0 fully saturated rings. The van der Waals surface area contributed by atoms with Crippen LogP contribution in [0.15, 0.2) is 48.5 Å². The van der Waals surface area contributed by atoms with Crippen LogP contribution in [0, 0.1) is 6.92 Å². The number of hydrogen-bond acceptors (Lipinski definition) is 2. The van der Waals surface area contributed by atoms with Crippen molar-refractivity contribution in [2.24, 2.45) is 5.73 Å². The van der Waals surface area contributed by atoms with E-state index in [2.05, 4.69) is 5.32 Å². The summed E-state index contributed by atoms with van der Waals surface area (Å²) in [7, 11) is 0. The Balaban J connectivity index is 2.07.